The lowest BCUT2D eigenvalue weighted by Crippen LogP contribution is -2.44. The van der Waals surface area contributed by atoms with E-state index in [0.29, 0.717) is 6.42 Å². The minimum absolute atomic E-state index is 0.206. The summed E-state index contributed by atoms with van der Waals surface area (Å²) in [6.45, 7) is 3.75. The zero-order chi connectivity index (χ0) is 9.72. The highest BCUT2D eigenvalue weighted by Crippen LogP contribution is 2.04. The summed E-state index contributed by atoms with van der Waals surface area (Å²) in [4.78, 5) is 20.8. The second-order valence-corrected chi connectivity index (χ2v) is 3.03. The van der Waals surface area contributed by atoms with Crippen molar-refractivity contribution >= 4 is 12.0 Å². The van der Waals surface area contributed by atoms with Crippen LogP contribution in [0.4, 0.5) is 4.79 Å². The van der Waals surface area contributed by atoms with Gasteiger partial charge in [0.15, 0.2) is 0 Å². The van der Waals surface area contributed by atoms with E-state index in [0.717, 1.165) is 0 Å². The Morgan fingerprint density at radius 2 is 2.00 bits per heavy atom. The van der Waals surface area contributed by atoms with Crippen molar-refractivity contribution in [1.29, 1.82) is 0 Å². The predicted molar refractivity (Wildman–Crippen MR) is 43.6 cm³/mol. The quantitative estimate of drug-likeness (QED) is 0.566. The second kappa shape index (κ2) is 4.58. The van der Waals surface area contributed by atoms with E-state index in [9.17, 15) is 9.59 Å². The van der Waals surface area contributed by atoms with Crippen LogP contribution < -0.4 is 11.1 Å². The fourth-order valence-corrected chi connectivity index (χ4v) is 0.865. The average molecular weight is 174 g/mol. The summed E-state index contributed by atoms with van der Waals surface area (Å²) in [5.41, 5.74) is 4.79. The van der Waals surface area contributed by atoms with E-state index in [1.54, 1.807) is 0 Å². The van der Waals surface area contributed by atoms with E-state index in [1.165, 1.54) is 0 Å². The Kier molecular flexibility index (Phi) is 4.10. The molecule has 4 N–H and O–H groups in total. The number of carbonyl (C=O) groups is 2. The molecule has 5 nitrogen and oxygen atoms in total. The number of primary amides is 1. The lowest BCUT2D eigenvalue weighted by Gasteiger charge is -2.14. The molecule has 5 heteroatoms. The number of rotatable bonds is 4. The van der Waals surface area contributed by atoms with Crippen LogP contribution in [0, 0.1) is 5.92 Å². The van der Waals surface area contributed by atoms with Gasteiger partial charge in [0.2, 0.25) is 0 Å². The minimum Gasteiger partial charge on any atom is -0.480 e. The molecule has 0 saturated heterocycles. The summed E-state index contributed by atoms with van der Waals surface area (Å²) in [6, 6.07) is -1.68. The topological polar surface area (TPSA) is 92.4 Å². The van der Waals surface area contributed by atoms with E-state index in [1.807, 2.05) is 13.8 Å². The van der Waals surface area contributed by atoms with E-state index in [2.05, 4.69) is 5.32 Å². The predicted octanol–water partition coefficient (Wildman–Crippen LogP) is 0.154. The van der Waals surface area contributed by atoms with Gasteiger partial charge in [0.05, 0.1) is 0 Å². The van der Waals surface area contributed by atoms with Gasteiger partial charge in [0.1, 0.15) is 6.04 Å². The van der Waals surface area contributed by atoms with Gasteiger partial charge in [-0.25, -0.2) is 9.59 Å². The fraction of sp³-hybridized carbons (Fsp3) is 0.714. The first-order chi connectivity index (χ1) is 5.43. The van der Waals surface area contributed by atoms with E-state index in [4.69, 9.17) is 10.8 Å². The summed E-state index contributed by atoms with van der Waals surface area (Å²) < 4.78 is 0. The maximum Gasteiger partial charge on any atom is 0.326 e. The van der Waals surface area contributed by atoms with Gasteiger partial charge in [0, 0.05) is 0 Å². The Hall–Kier alpha value is -1.26. The number of aliphatic carboxylic acids is 1. The molecule has 0 aromatic rings. The maximum atomic E-state index is 10.5. The molecule has 1 atom stereocenters. The minimum atomic E-state index is -1.05. The van der Waals surface area contributed by atoms with Gasteiger partial charge in [-0.2, -0.15) is 0 Å². The number of carboxylic acid groups (broad SMARTS) is 1. The summed E-state index contributed by atoms with van der Waals surface area (Å²) in [7, 11) is 0. The number of urea groups is 1. The van der Waals surface area contributed by atoms with Crippen molar-refractivity contribution in [3.05, 3.63) is 0 Å². The van der Waals surface area contributed by atoms with Gasteiger partial charge in [-0.15, -0.1) is 0 Å². The summed E-state index contributed by atoms with van der Waals surface area (Å²) in [5.74, 6) is -0.847. The Bertz CT molecular complexity index is 179. The van der Waals surface area contributed by atoms with Gasteiger partial charge in [-0.05, 0) is 12.3 Å². The summed E-state index contributed by atoms with van der Waals surface area (Å²) in [6.07, 6.45) is 0.387. The van der Waals surface area contributed by atoms with Gasteiger partial charge >= 0.3 is 12.0 Å². The first-order valence-electron chi connectivity index (χ1n) is 3.72. The first-order valence-corrected chi connectivity index (χ1v) is 3.72. The fourth-order valence-electron chi connectivity index (χ4n) is 0.865. The number of nitrogens with one attached hydrogen (secondary N) is 1. The molecule has 0 spiro atoms. The van der Waals surface area contributed by atoms with Crippen LogP contribution in [-0.4, -0.2) is 23.1 Å². The highest BCUT2D eigenvalue weighted by molar-refractivity contribution is 5.81. The Morgan fingerprint density at radius 3 is 2.25 bits per heavy atom. The van der Waals surface area contributed by atoms with Crippen molar-refractivity contribution in [2.24, 2.45) is 11.7 Å². The molecule has 0 aromatic heterocycles. The molecule has 12 heavy (non-hydrogen) atoms. The number of hydrogen-bond acceptors (Lipinski definition) is 2. The molecule has 2 amide bonds. The van der Waals surface area contributed by atoms with Gasteiger partial charge in [0.25, 0.3) is 0 Å². The molecule has 0 aliphatic rings. The number of carbonyl (C=O) groups excluding carboxylic acids is 1. The maximum absolute atomic E-state index is 10.5. The van der Waals surface area contributed by atoms with Crippen LogP contribution in [0.5, 0.6) is 0 Å². The van der Waals surface area contributed by atoms with E-state index >= 15 is 0 Å². The molecule has 0 aliphatic heterocycles. The number of carboxylic acids is 1. The van der Waals surface area contributed by atoms with Crippen molar-refractivity contribution in [3.63, 3.8) is 0 Å². The van der Waals surface area contributed by atoms with Gasteiger partial charge < -0.3 is 16.2 Å². The standard InChI is InChI=1S/C7H14N2O3/c1-4(2)3-5(6(10)11)9-7(8)12/h4-5H,3H2,1-2H3,(H,10,11)(H3,8,9,12)/t5-/m1/s1. The molecule has 0 bridgehead atoms. The summed E-state index contributed by atoms with van der Waals surface area (Å²) in [5, 5.41) is 10.8. The normalized spacial score (nSPS) is 12.6. The van der Waals surface area contributed by atoms with Crippen LogP contribution in [0.2, 0.25) is 0 Å². The molecule has 0 radical (unpaired) electrons. The highest BCUT2D eigenvalue weighted by atomic mass is 16.4. The number of hydrogen-bond donors (Lipinski definition) is 3. The van der Waals surface area contributed by atoms with Gasteiger partial charge in [-0.1, -0.05) is 13.8 Å². The zero-order valence-corrected chi connectivity index (χ0v) is 7.20. The molecule has 0 aliphatic carbocycles. The first kappa shape index (κ1) is 10.7. The van der Waals surface area contributed by atoms with Crippen LogP contribution in [0.25, 0.3) is 0 Å². The van der Waals surface area contributed by atoms with Crippen molar-refractivity contribution in [2.75, 3.05) is 0 Å². The van der Waals surface area contributed by atoms with Crippen LogP contribution >= 0.6 is 0 Å². The van der Waals surface area contributed by atoms with Crippen LogP contribution in [0.3, 0.4) is 0 Å². The third kappa shape index (κ3) is 4.54. The highest BCUT2D eigenvalue weighted by Gasteiger charge is 2.19. The molecule has 70 valence electrons. The molecule has 0 rings (SSSR count). The lowest BCUT2D eigenvalue weighted by molar-refractivity contribution is -0.139. The molecule has 0 heterocycles. The Labute approximate surface area is 70.9 Å². The molecule has 0 unspecified atom stereocenters. The third-order valence-corrected chi connectivity index (χ3v) is 1.32. The van der Waals surface area contributed by atoms with Gasteiger partial charge in [-0.3, -0.25) is 0 Å². The largest absolute Gasteiger partial charge is 0.480 e. The van der Waals surface area contributed by atoms with Crippen molar-refractivity contribution < 1.29 is 14.7 Å². The molecule has 0 aromatic carbocycles. The number of amides is 2. The SMILES string of the molecule is CC(C)C[C@@H](NC(N)=O)C(=O)O. The average Bonchev–Trinajstić information content (AvgIpc) is 1.83. The molecule has 0 fully saturated rings. The van der Waals surface area contributed by atoms with Crippen LogP contribution in [-0.2, 0) is 4.79 Å². The summed E-state index contributed by atoms with van der Waals surface area (Å²) >= 11 is 0. The molecular weight excluding hydrogens is 160 g/mol. The van der Waals surface area contributed by atoms with Crippen molar-refractivity contribution in [2.45, 2.75) is 26.3 Å². The van der Waals surface area contributed by atoms with E-state index < -0.39 is 18.0 Å². The van der Waals surface area contributed by atoms with Crippen LogP contribution in [0.15, 0.2) is 0 Å². The van der Waals surface area contributed by atoms with Crippen LogP contribution in [0.1, 0.15) is 20.3 Å². The van der Waals surface area contributed by atoms with Crippen molar-refractivity contribution in [1.82, 2.24) is 5.32 Å². The Morgan fingerprint density at radius 1 is 1.50 bits per heavy atom. The number of nitrogens with two attached hydrogens (primary N) is 1. The second-order valence-electron chi connectivity index (χ2n) is 3.03. The lowest BCUT2D eigenvalue weighted by atomic mass is 10.0. The molecule has 0 saturated carbocycles. The molecular formula is C7H14N2O3. The zero-order valence-electron chi connectivity index (χ0n) is 7.20. The Balaban J connectivity index is 4.04. The van der Waals surface area contributed by atoms with E-state index in [-0.39, 0.29) is 5.92 Å². The monoisotopic (exact) mass is 174 g/mol. The third-order valence-electron chi connectivity index (χ3n) is 1.32. The van der Waals surface area contributed by atoms with Crippen molar-refractivity contribution in [3.8, 4) is 0 Å². The smallest absolute Gasteiger partial charge is 0.326 e.